The number of nitrogens with one attached hydrogen (secondary N) is 1. The molecule has 2 rings (SSSR count). The average molecular weight is 280 g/mol. The molecule has 6 heteroatoms. The summed E-state index contributed by atoms with van der Waals surface area (Å²) in [6.45, 7) is 2.98. The van der Waals surface area contributed by atoms with E-state index in [1.165, 1.54) is 0 Å². The molecule has 2 heterocycles. The van der Waals surface area contributed by atoms with E-state index in [1.54, 1.807) is 10.9 Å². The van der Waals surface area contributed by atoms with Crippen LogP contribution in [0.4, 0.5) is 5.82 Å². The molecule has 0 aliphatic carbocycles. The molecule has 3 N–H and O–H groups in total. The van der Waals surface area contributed by atoms with Gasteiger partial charge in [-0.3, -0.25) is 4.68 Å². The summed E-state index contributed by atoms with van der Waals surface area (Å²) < 4.78 is 1.77. The lowest BCUT2D eigenvalue weighted by Crippen LogP contribution is -2.25. The summed E-state index contributed by atoms with van der Waals surface area (Å²) in [7, 11) is 1.89. The van der Waals surface area contributed by atoms with Crippen molar-refractivity contribution in [2.45, 2.75) is 19.4 Å². The van der Waals surface area contributed by atoms with Gasteiger partial charge in [0.1, 0.15) is 5.82 Å². The Morgan fingerprint density at radius 1 is 1.53 bits per heavy atom. The topological polar surface area (TPSA) is 68.8 Å². The second-order valence-corrected chi connectivity index (χ2v) is 4.87. The highest BCUT2D eigenvalue weighted by molar-refractivity contribution is 6.30. The number of nitrogens with zero attached hydrogens (tertiary/aromatic N) is 3. The molecule has 0 saturated carbocycles. The van der Waals surface area contributed by atoms with Gasteiger partial charge in [-0.2, -0.15) is 5.10 Å². The smallest absolute Gasteiger partial charge is 0.128 e. The van der Waals surface area contributed by atoms with Gasteiger partial charge in [-0.15, -0.1) is 0 Å². The Hall–Kier alpha value is -1.59. The Morgan fingerprint density at radius 2 is 2.32 bits per heavy atom. The van der Waals surface area contributed by atoms with Crippen molar-refractivity contribution in [2.24, 2.45) is 7.05 Å². The standard InChI is InChI=1S/C13H18ClN5/c1-3-5-16-12(11-4-6-19(2)18-11)10-7-9(14)8-17-13(10)15/h4,6-8,12,16H,3,5H2,1-2H3,(H2,15,17). The third kappa shape index (κ3) is 3.24. The van der Waals surface area contributed by atoms with Crippen LogP contribution in [0, 0.1) is 0 Å². The Bertz CT molecular complexity index is 552. The maximum absolute atomic E-state index is 6.02. The highest BCUT2D eigenvalue weighted by Crippen LogP contribution is 2.26. The lowest BCUT2D eigenvalue weighted by Gasteiger charge is -2.18. The number of hydrogen-bond acceptors (Lipinski definition) is 4. The number of anilines is 1. The average Bonchev–Trinajstić information content (AvgIpc) is 2.80. The normalized spacial score (nSPS) is 12.6. The number of aryl methyl sites for hydroxylation is 1. The van der Waals surface area contributed by atoms with E-state index in [0.717, 1.165) is 24.2 Å². The fraction of sp³-hybridized carbons (Fsp3) is 0.385. The van der Waals surface area contributed by atoms with Crippen LogP contribution in [0.5, 0.6) is 0 Å². The predicted molar refractivity (Wildman–Crippen MR) is 77.0 cm³/mol. The van der Waals surface area contributed by atoms with Crippen LogP contribution in [0.1, 0.15) is 30.6 Å². The molecule has 2 aromatic heterocycles. The first-order valence-corrected chi connectivity index (χ1v) is 6.63. The van der Waals surface area contributed by atoms with Crippen molar-refractivity contribution >= 4 is 17.4 Å². The quantitative estimate of drug-likeness (QED) is 0.880. The highest BCUT2D eigenvalue weighted by Gasteiger charge is 2.19. The predicted octanol–water partition coefficient (Wildman–Crippen LogP) is 2.14. The van der Waals surface area contributed by atoms with E-state index in [1.807, 2.05) is 25.4 Å². The molecule has 0 aromatic carbocycles. The first-order valence-electron chi connectivity index (χ1n) is 6.25. The van der Waals surface area contributed by atoms with Crippen LogP contribution in [0.2, 0.25) is 5.02 Å². The number of aromatic nitrogens is 3. The molecule has 0 bridgehead atoms. The van der Waals surface area contributed by atoms with Gasteiger partial charge in [0, 0.05) is 25.0 Å². The van der Waals surface area contributed by atoms with Gasteiger partial charge in [0.15, 0.2) is 0 Å². The van der Waals surface area contributed by atoms with E-state index < -0.39 is 0 Å². The molecule has 0 radical (unpaired) electrons. The first kappa shape index (κ1) is 13.8. The Balaban J connectivity index is 2.39. The van der Waals surface area contributed by atoms with Crippen LogP contribution < -0.4 is 11.1 Å². The van der Waals surface area contributed by atoms with Crippen molar-refractivity contribution in [3.8, 4) is 0 Å². The van der Waals surface area contributed by atoms with E-state index in [4.69, 9.17) is 17.3 Å². The molecule has 0 aliphatic heterocycles. The maximum atomic E-state index is 6.02. The van der Waals surface area contributed by atoms with Crippen LogP contribution in [0.15, 0.2) is 24.5 Å². The van der Waals surface area contributed by atoms with Gasteiger partial charge < -0.3 is 11.1 Å². The Kier molecular flexibility index (Phi) is 4.39. The lowest BCUT2D eigenvalue weighted by molar-refractivity contribution is 0.575. The van der Waals surface area contributed by atoms with E-state index in [-0.39, 0.29) is 6.04 Å². The molecule has 0 saturated heterocycles. The molecule has 0 amide bonds. The second kappa shape index (κ2) is 6.04. The highest BCUT2D eigenvalue weighted by atomic mass is 35.5. The fourth-order valence-electron chi connectivity index (χ4n) is 1.95. The van der Waals surface area contributed by atoms with Crippen molar-refractivity contribution < 1.29 is 0 Å². The van der Waals surface area contributed by atoms with Gasteiger partial charge in [-0.05, 0) is 25.1 Å². The summed E-state index contributed by atoms with van der Waals surface area (Å²) >= 11 is 6.02. The summed E-state index contributed by atoms with van der Waals surface area (Å²) in [5.74, 6) is 0.476. The third-order valence-electron chi connectivity index (χ3n) is 2.86. The first-order chi connectivity index (χ1) is 9.11. The van der Waals surface area contributed by atoms with E-state index in [0.29, 0.717) is 10.8 Å². The number of halogens is 1. The van der Waals surface area contributed by atoms with Crippen molar-refractivity contribution in [3.05, 3.63) is 40.8 Å². The summed E-state index contributed by atoms with van der Waals surface area (Å²) in [6, 6.07) is 3.71. The van der Waals surface area contributed by atoms with E-state index in [2.05, 4.69) is 22.3 Å². The minimum atomic E-state index is -0.0904. The van der Waals surface area contributed by atoms with Gasteiger partial charge >= 0.3 is 0 Å². The van der Waals surface area contributed by atoms with Gasteiger partial charge in [0.05, 0.1) is 16.8 Å². The molecule has 0 fully saturated rings. The molecule has 0 spiro atoms. The van der Waals surface area contributed by atoms with Gasteiger partial charge in [0.25, 0.3) is 0 Å². The summed E-state index contributed by atoms with van der Waals surface area (Å²) in [6.07, 6.45) is 4.48. The molecular weight excluding hydrogens is 262 g/mol. The van der Waals surface area contributed by atoms with Crippen LogP contribution in [0.3, 0.4) is 0 Å². The minimum absolute atomic E-state index is 0.0904. The molecule has 102 valence electrons. The van der Waals surface area contributed by atoms with Crippen molar-refractivity contribution in [1.29, 1.82) is 0 Å². The van der Waals surface area contributed by atoms with Crippen LogP contribution in [-0.2, 0) is 7.05 Å². The Labute approximate surface area is 117 Å². The third-order valence-corrected chi connectivity index (χ3v) is 3.06. The molecule has 5 nitrogen and oxygen atoms in total. The van der Waals surface area contributed by atoms with Crippen LogP contribution >= 0.6 is 11.6 Å². The van der Waals surface area contributed by atoms with Crippen molar-refractivity contribution in [3.63, 3.8) is 0 Å². The Morgan fingerprint density at radius 3 is 2.95 bits per heavy atom. The molecular formula is C13H18ClN5. The molecule has 0 aliphatic rings. The maximum Gasteiger partial charge on any atom is 0.128 e. The lowest BCUT2D eigenvalue weighted by atomic mass is 10.0. The number of hydrogen-bond donors (Lipinski definition) is 2. The number of nitrogens with two attached hydrogens (primary N) is 1. The van der Waals surface area contributed by atoms with Crippen molar-refractivity contribution in [1.82, 2.24) is 20.1 Å². The zero-order chi connectivity index (χ0) is 13.8. The zero-order valence-electron chi connectivity index (χ0n) is 11.1. The second-order valence-electron chi connectivity index (χ2n) is 4.43. The van der Waals surface area contributed by atoms with Crippen LogP contribution in [-0.4, -0.2) is 21.3 Å². The molecule has 2 aromatic rings. The van der Waals surface area contributed by atoms with Gasteiger partial charge in [-0.25, -0.2) is 4.98 Å². The fourth-order valence-corrected chi connectivity index (χ4v) is 2.11. The van der Waals surface area contributed by atoms with Crippen molar-refractivity contribution in [2.75, 3.05) is 12.3 Å². The van der Waals surface area contributed by atoms with Gasteiger partial charge in [0.2, 0.25) is 0 Å². The summed E-state index contributed by atoms with van der Waals surface area (Å²) in [4.78, 5) is 4.11. The van der Waals surface area contributed by atoms with E-state index in [9.17, 15) is 0 Å². The molecule has 1 atom stereocenters. The van der Waals surface area contributed by atoms with E-state index >= 15 is 0 Å². The summed E-state index contributed by atoms with van der Waals surface area (Å²) in [5, 5.41) is 8.44. The summed E-state index contributed by atoms with van der Waals surface area (Å²) in [5.41, 5.74) is 7.73. The number of rotatable bonds is 5. The van der Waals surface area contributed by atoms with Gasteiger partial charge in [-0.1, -0.05) is 18.5 Å². The monoisotopic (exact) mass is 279 g/mol. The van der Waals surface area contributed by atoms with Crippen LogP contribution in [0.25, 0.3) is 0 Å². The minimum Gasteiger partial charge on any atom is -0.383 e. The largest absolute Gasteiger partial charge is 0.383 e. The zero-order valence-corrected chi connectivity index (χ0v) is 11.9. The molecule has 19 heavy (non-hydrogen) atoms. The number of pyridine rings is 1. The molecule has 1 unspecified atom stereocenters. The SMILES string of the molecule is CCCNC(c1ccn(C)n1)c1cc(Cl)cnc1N. The number of nitrogen functional groups attached to an aromatic ring is 1.